The van der Waals surface area contributed by atoms with Crippen LogP contribution >= 0.6 is 24.0 Å². The Morgan fingerprint density at radius 2 is 2.09 bits per heavy atom. The number of aliphatic imine (C=N–C) groups is 1. The number of halogens is 3. The third-order valence-electron chi connectivity index (χ3n) is 4.89. The number of hydrogen-bond donors (Lipinski definition) is 3. The molecule has 3 N–H and O–H groups in total. The molecule has 2 aromatic rings. The van der Waals surface area contributed by atoms with Crippen molar-refractivity contribution < 1.29 is 18.3 Å². The summed E-state index contributed by atoms with van der Waals surface area (Å²) in [4.78, 5) is 22.5. The van der Waals surface area contributed by atoms with Gasteiger partial charge in [0.15, 0.2) is 5.96 Å². The molecule has 33 heavy (non-hydrogen) atoms. The molecule has 1 amide bonds. The van der Waals surface area contributed by atoms with Crippen LogP contribution in [-0.2, 0) is 0 Å². The standard InChI is InChI=1S/C22H28F2N6O2.HI/c1-2-26-22(28-12-11-27-20(31)16-6-5-10-25-14-16)29-17-9-13-30(15-17)18-7-3-4-8-19(18)32-21(23)24;/h3-8,10,14,17,21H,2,9,11-13,15H2,1H3,(H,27,31)(H2,26,28,29);1H. The monoisotopic (exact) mass is 574 g/mol. The number of hydrogen-bond acceptors (Lipinski definition) is 5. The number of pyridine rings is 1. The summed E-state index contributed by atoms with van der Waals surface area (Å²) in [6.45, 7) is 1.93. The normalized spacial score (nSPS) is 15.7. The number of nitrogens with zero attached hydrogens (tertiary/aromatic N) is 3. The fourth-order valence-corrected chi connectivity index (χ4v) is 3.46. The number of nitrogens with one attached hydrogen (secondary N) is 3. The Morgan fingerprint density at radius 1 is 1.27 bits per heavy atom. The maximum atomic E-state index is 12.7. The zero-order chi connectivity index (χ0) is 22.8. The minimum atomic E-state index is -2.86. The Bertz CT molecular complexity index is 903. The molecule has 1 aromatic carbocycles. The highest BCUT2D eigenvalue weighted by Gasteiger charge is 2.26. The van der Waals surface area contributed by atoms with Gasteiger partial charge in [-0.15, -0.1) is 24.0 Å². The lowest BCUT2D eigenvalue weighted by Crippen LogP contribution is -2.45. The second kappa shape index (κ2) is 13.8. The number of guanidine groups is 1. The van der Waals surface area contributed by atoms with E-state index in [2.05, 4.69) is 30.7 Å². The summed E-state index contributed by atoms with van der Waals surface area (Å²) in [7, 11) is 0. The molecule has 1 unspecified atom stereocenters. The van der Waals surface area contributed by atoms with Crippen molar-refractivity contribution >= 4 is 41.5 Å². The summed E-state index contributed by atoms with van der Waals surface area (Å²) in [5.74, 6) is 0.627. The van der Waals surface area contributed by atoms with Gasteiger partial charge in [-0.05, 0) is 37.6 Å². The minimum Gasteiger partial charge on any atom is -0.433 e. The van der Waals surface area contributed by atoms with E-state index in [9.17, 15) is 13.6 Å². The number of aromatic nitrogens is 1. The van der Waals surface area contributed by atoms with Gasteiger partial charge in [0.2, 0.25) is 0 Å². The van der Waals surface area contributed by atoms with Crippen molar-refractivity contribution in [2.75, 3.05) is 37.6 Å². The second-order valence-electron chi connectivity index (χ2n) is 7.18. The lowest BCUT2D eigenvalue weighted by molar-refractivity contribution is -0.0495. The van der Waals surface area contributed by atoms with E-state index in [1.54, 1.807) is 42.6 Å². The lowest BCUT2D eigenvalue weighted by atomic mass is 10.2. The molecule has 1 aromatic heterocycles. The molecule has 1 atom stereocenters. The van der Waals surface area contributed by atoms with Gasteiger partial charge >= 0.3 is 6.61 Å². The fourth-order valence-electron chi connectivity index (χ4n) is 3.46. The van der Waals surface area contributed by atoms with Crippen LogP contribution in [0.3, 0.4) is 0 Å². The number of carbonyl (C=O) groups is 1. The number of amides is 1. The first kappa shape index (κ1) is 26.6. The lowest BCUT2D eigenvalue weighted by Gasteiger charge is -2.22. The van der Waals surface area contributed by atoms with Gasteiger partial charge in [0, 0.05) is 44.6 Å². The van der Waals surface area contributed by atoms with Crippen LogP contribution < -0.4 is 25.6 Å². The fraction of sp³-hybridized carbons (Fsp3) is 0.409. The van der Waals surface area contributed by atoms with Crippen LogP contribution in [0.2, 0.25) is 0 Å². The highest BCUT2D eigenvalue weighted by atomic mass is 127. The minimum absolute atomic E-state index is 0. The molecular formula is C22H29F2IN6O2. The molecule has 0 radical (unpaired) electrons. The topological polar surface area (TPSA) is 90.9 Å². The van der Waals surface area contributed by atoms with E-state index in [-0.39, 0.29) is 41.7 Å². The molecule has 3 rings (SSSR count). The molecule has 1 saturated heterocycles. The summed E-state index contributed by atoms with van der Waals surface area (Å²) in [6.07, 6.45) is 3.95. The molecule has 180 valence electrons. The number of benzene rings is 1. The number of para-hydroxylation sites is 2. The summed E-state index contributed by atoms with van der Waals surface area (Å²) >= 11 is 0. The molecule has 0 spiro atoms. The average molecular weight is 574 g/mol. The molecule has 1 aliphatic rings. The Balaban J connectivity index is 0.00000385. The molecule has 1 fully saturated rings. The van der Waals surface area contributed by atoms with Crippen LogP contribution in [0.4, 0.5) is 14.5 Å². The number of alkyl halides is 2. The molecule has 11 heteroatoms. The van der Waals surface area contributed by atoms with Crippen molar-refractivity contribution in [3.05, 3.63) is 54.4 Å². The Kier molecular flexibility index (Phi) is 11.1. The van der Waals surface area contributed by atoms with E-state index in [0.717, 1.165) is 6.42 Å². The van der Waals surface area contributed by atoms with Gasteiger partial charge in [0.1, 0.15) is 5.75 Å². The maximum absolute atomic E-state index is 12.7. The zero-order valence-corrected chi connectivity index (χ0v) is 20.7. The molecule has 2 heterocycles. The van der Waals surface area contributed by atoms with Crippen LogP contribution in [0.15, 0.2) is 53.8 Å². The van der Waals surface area contributed by atoms with Crippen LogP contribution in [-0.4, -0.2) is 62.2 Å². The molecule has 0 saturated carbocycles. The average Bonchev–Trinajstić information content (AvgIpc) is 3.25. The number of anilines is 1. The SMILES string of the molecule is CCNC(=NCCNC(=O)c1cccnc1)NC1CCN(c2ccccc2OC(F)F)C1.I. The van der Waals surface area contributed by atoms with Crippen LogP contribution in [0.5, 0.6) is 5.75 Å². The van der Waals surface area contributed by atoms with Gasteiger partial charge in [-0.25, -0.2) is 0 Å². The van der Waals surface area contributed by atoms with Crippen LogP contribution in [0.25, 0.3) is 0 Å². The van der Waals surface area contributed by atoms with Gasteiger partial charge in [-0.3, -0.25) is 14.8 Å². The van der Waals surface area contributed by atoms with E-state index in [0.29, 0.717) is 49.9 Å². The molecule has 8 nitrogen and oxygen atoms in total. The van der Waals surface area contributed by atoms with E-state index in [4.69, 9.17) is 0 Å². The molecule has 1 aliphatic heterocycles. The third kappa shape index (κ3) is 8.30. The number of rotatable bonds is 9. The highest BCUT2D eigenvalue weighted by Crippen LogP contribution is 2.31. The van der Waals surface area contributed by atoms with Crippen molar-refractivity contribution in [1.82, 2.24) is 20.9 Å². The first-order chi connectivity index (χ1) is 15.6. The van der Waals surface area contributed by atoms with E-state index in [1.807, 2.05) is 11.8 Å². The van der Waals surface area contributed by atoms with Crippen LogP contribution in [0, 0.1) is 0 Å². The molecule has 0 aliphatic carbocycles. The van der Waals surface area contributed by atoms with Gasteiger partial charge in [-0.2, -0.15) is 8.78 Å². The van der Waals surface area contributed by atoms with Crippen molar-refractivity contribution in [2.24, 2.45) is 4.99 Å². The van der Waals surface area contributed by atoms with Gasteiger partial charge in [-0.1, -0.05) is 12.1 Å². The highest BCUT2D eigenvalue weighted by molar-refractivity contribution is 14.0. The number of ether oxygens (including phenoxy) is 1. The zero-order valence-electron chi connectivity index (χ0n) is 18.3. The van der Waals surface area contributed by atoms with Crippen LogP contribution in [0.1, 0.15) is 23.7 Å². The Labute approximate surface area is 209 Å². The van der Waals surface area contributed by atoms with Crippen molar-refractivity contribution in [3.8, 4) is 5.75 Å². The van der Waals surface area contributed by atoms with E-state index < -0.39 is 6.61 Å². The summed E-state index contributed by atoms with van der Waals surface area (Å²) < 4.78 is 30.1. The first-order valence-corrected chi connectivity index (χ1v) is 10.6. The van der Waals surface area contributed by atoms with Gasteiger partial charge < -0.3 is 25.6 Å². The Morgan fingerprint density at radius 3 is 2.82 bits per heavy atom. The summed E-state index contributed by atoms with van der Waals surface area (Å²) in [6, 6.07) is 10.3. The summed E-state index contributed by atoms with van der Waals surface area (Å²) in [5.41, 5.74) is 1.15. The van der Waals surface area contributed by atoms with Crippen molar-refractivity contribution in [1.29, 1.82) is 0 Å². The molecular weight excluding hydrogens is 545 g/mol. The predicted octanol–water partition coefficient (Wildman–Crippen LogP) is 2.86. The Hall–Kier alpha value is -2.70. The second-order valence-corrected chi connectivity index (χ2v) is 7.18. The number of carbonyl (C=O) groups excluding carboxylic acids is 1. The van der Waals surface area contributed by atoms with Crippen molar-refractivity contribution in [3.63, 3.8) is 0 Å². The summed E-state index contributed by atoms with van der Waals surface area (Å²) in [5, 5.41) is 9.39. The van der Waals surface area contributed by atoms with Crippen molar-refractivity contribution in [2.45, 2.75) is 26.0 Å². The van der Waals surface area contributed by atoms with E-state index in [1.165, 1.54) is 6.20 Å². The third-order valence-corrected chi connectivity index (χ3v) is 4.89. The van der Waals surface area contributed by atoms with E-state index >= 15 is 0 Å². The predicted molar refractivity (Wildman–Crippen MR) is 135 cm³/mol. The van der Waals surface area contributed by atoms with Gasteiger partial charge in [0.25, 0.3) is 5.91 Å². The maximum Gasteiger partial charge on any atom is 0.387 e. The quantitative estimate of drug-likeness (QED) is 0.185. The molecule has 0 bridgehead atoms. The first-order valence-electron chi connectivity index (χ1n) is 10.6. The largest absolute Gasteiger partial charge is 0.433 e. The van der Waals surface area contributed by atoms with Gasteiger partial charge in [0.05, 0.1) is 17.8 Å². The smallest absolute Gasteiger partial charge is 0.387 e.